The van der Waals surface area contributed by atoms with Crippen molar-refractivity contribution in [1.29, 1.82) is 0 Å². The van der Waals surface area contributed by atoms with Crippen LogP contribution in [0.4, 0.5) is 0 Å². The summed E-state index contributed by atoms with van der Waals surface area (Å²) in [5.41, 5.74) is 3.89. The second-order valence-electron chi connectivity index (χ2n) is 10.9. The van der Waals surface area contributed by atoms with Gasteiger partial charge in [-0.2, -0.15) is 0 Å². The van der Waals surface area contributed by atoms with E-state index in [2.05, 4.69) is 46.8 Å². The molecule has 0 amide bonds. The number of ether oxygens (including phenoxy) is 2. The Labute approximate surface area is 223 Å². The Morgan fingerprint density at radius 1 is 1.24 bits per heavy atom. The molecule has 1 aromatic carbocycles. The third kappa shape index (κ3) is 7.69. The number of thiophene rings is 1. The fraction of sp³-hybridized carbons (Fsp3) is 0.571. The summed E-state index contributed by atoms with van der Waals surface area (Å²) in [7, 11) is 0. The van der Waals surface area contributed by atoms with Gasteiger partial charge < -0.3 is 19.6 Å². The van der Waals surface area contributed by atoms with Crippen molar-refractivity contribution >= 4 is 21.6 Å². The Hall–Kier alpha value is -2.14. The van der Waals surface area contributed by atoms with Crippen LogP contribution in [0.15, 0.2) is 28.4 Å². The molecule has 202 valence electrons. The molecule has 2 aromatic heterocycles. The van der Waals surface area contributed by atoms with E-state index >= 15 is 0 Å². The van der Waals surface area contributed by atoms with Crippen molar-refractivity contribution in [3.63, 3.8) is 0 Å². The highest BCUT2D eigenvalue weighted by Gasteiger charge is 2.20. The van der Waals surface area contributed by atoms with Crippen molar-refractivity contribution in [3.05, 3.63) is 50.9 Å². The standard InChI is InChI=1S/C28H40N4O4S/c1-19-6-7-22(20(2)14-19)23-18-37-27-25(23)26(34)29-24(30-27)16-32(9-8-31-10-12-35-13-11-31)15-21(33)17-36-28(3,4)5/h6-7,14,18,21,33H,8-13,15-17H2,1-5H3,(H,29,30,34). The Kier molecular flexibility index (Phi) is 9.15. The van der Waals surface area contributed by atoms with Crippen LogP contribution >= 0.6 is 11.3 Å². The minimum atomic E-state index is -0.641. The van der Waals surface area contributed by atoms with Gasteiger partial charge in [-0.05, 0) is 45.7 Å². The number of aliphatic hydroxyl groups excluding tert-OH is 1. The number of hydrogen-bond donors (Lipinski definition) is 2. The SMILES string of the molecule is Cc1ccc(-c2csc3nc(CN(CCN4CCOCC4)CC(O)COC(C)(C)C)[nH]c(=O)c23)c(C)c1. The first kappa shape index (κ1) is 27.9. The normalized spacial score (nSPS) is 16.1. The summed E-state index contributed by atoms with van der Waals surface area (Å²) in [6.45, 7) is 16.1. The zero-order valence-electron chi connectivity index (χ0n) is 22.7. The Morgan fingerprint density at radius 2 is 2.00 bits per heavy atom. The molecule has 0 spiro atoms. The molecule has 1 aliphatic heterocycles. The van der Waals surface area contributed by atoms with Gasteiger partial charge in [0.05, 0.1) is 43.5 Å². The third-order valence-corrected chi connectivity index (χ3v) is 7.42. The van der Waals surface area contributed by atoms with Gasteiger partial charge in [0.2, 0.25) is 0 Å². The topological polar surface area (TPSA) is 90.9 Å². The summed E-state index contributed by atoms with van der Waals surface area (Å²) in [5, 5.41) is 13.4. The van der Waals surface area contributed by atoms with Gasteiger partial charge in [-0.1, -0.05) is 23.8 Å². The molecule has 0 aliphatic carbocycles. The number of nitrogens with zero attached hydrogens (tertiary/aromatic N) is 3. The van der Waals surface area contributed by atoms with Crippen LogP contribution in [0.1, 0.15) is 37.7 Å². The molecule has 3 heterocycles. The molecule has 2 N–H and O–H groups in total. The van der Waals surface area contributed by atoms with E-state index in [1.807, 2.05) is 26.2 Å². The molecule has 9 heteroatoms. The number of aromatic nitrogens is 2. The van der Waals surface area contributed by atoms with Gasteiger partial charge in [0.15, 0.2) is 0 Å². The van der Waals surface area contributed by atoms with Crippen molar-refractivity contribution in [1.82, 2.24) is 19.8 Å². The van der Waals surface area contributed by atoms with Gasteiger partial charge >= 0.3 is 0 Å². The van der Waals surface area contributed by atoms with E-state index in [1.54, 1.807) is 0 Å². The monoisotopic (exact) mass is 528 g/mol. The van der Waals surface area contributed by atoms with Crippen LogP contribution < -0.4 is 5.56 Å². The number of benzene rings is 1. The molecule has 37 heavy (non-hydrogen) atoms. The highest BCUT2D eigenvalue weighted by atomic mass is 32.1. The number of rotatable bonds is 10. The molecule has 1 fully saturated rings. The maximum atomic E-state index is 13.3. The van der Waals surface area contributed by atoms with Gasteiger partial charge in [-0.15, -0.1) is 11.3 Å². The fourth-order valence-corrected chi connectivity index (χ4v) is 5.59. The molecule has 0 radical (unpaired) electrons. The maximum absolute atomic E-state index is 13.3. The summed E-state index contributed by atoms with van der Waals surface area (Å²) in [6, 6.07) is 6.28. The molecular formula is C28H40N4O4S. The lowest BCUT2D eigenvalue weighted by atomic mass is 9.99. The van der Waals surface area contributed by atoms with E-state index < -0.39 is 6.10 Å². The number of aryl methyl sites for hydroxylation is 2. The van der Waals surface area contributed by atoms with Gasteiger partial charge in [0.1, 0.15) is 10.7 Å². The van der Waals surface area contributed by atoms with Gasteiger partial charge in [-0.25, -0.2) is 4.98 Å². The Morgan fingerprint density at radius 3 is 2.70 bits per heavy atom. The average molecular weight is 529 g/mol. The summed E-state index contributed by atoms with van der Waals surface area (Å²) in [6.07, 6.45) is -0.641. The zero-order valence-corrected chi connectivity index (χ0v) is 23.5. The highest BCUT2D eigenvalue weighted by molar-refractivity contribution is 7.17. The number of aromatic amines is 1. The molecule has 1 aliphatic rings. The molecular weight excluding hydrogens is 488 g/mol. The second kappa shape index (κ2) is 12.1. The molecule has 1 atom stereocenters. The predicted molar refractivity (Wildman–Crippen MR) is 149 cm³/mol. The number of hydrogen-bond acceptors (Lipinski definition) is 8. The van der Waals surface area contributed by atoms with Crippen LogP contribution in [0.2, 0.25) is 0 Å². The number of fused-ring (bicyclic) bond motifs is 1. The molecule has 1 unspecified atom stereocenters. The van der Waals surface area contributed by atoms with Crippen molar-refractivity contribution in [3.8, 4) is 11.1 Å². The zero-order chi connectivity index (χ0) is 26.6. The van der Waals surface area contributed by atoms with E-state index in [9.17, 15) is 9.90 Å². The van der Waals surface area contributed by atoms with Crippen LogP contribution in [0.25, 0.3) is 21.3 Å². The number of morpholine rings is 1. The van der Waals surface area contributed by atoms with Crippen LogP contribution in [0.3, 0.4) is 0 Å². The van der Waals surface area contributed by atoms with E-state index in [4.69, 9.17) is 14.5 Å². The van der Waals surface area contributed by atoms with E-state index in [0.29, 0.717) is 24.3 Å². The molecule has 4 rings (SSSR count). The Balaban J connectivity index is 1.53. The summed E-state index contributed by atoms with van der Waals surface area (Å²) < 4.78 is 11.3. The molecule has 0 saturated carbocycles. The molecule has 8 nitrogen and oxygen atoms in total. The number of nitrogens with one attached hydrogen (secondary N) is 1. The fourth-order valence-electron chi connectivity index (χ4n) is 4.63. The Bertz CT molecular complexity index is 1240. The lowest BCUT2D eigenvalue weighted by molar-refractivity contribution is -0.0576. The lowest BCUT2D eigenvalue weighted by Gasteiger charge is -2.31. The van der Waals surface area contributed by atoms with E-state index in [-0.39, 0.29) is 17.8 Å². The summed E-state index contributed by atoms with van der Waals surface area (Å²) >= 11 is 1.50. The largest absolute Gasteiger partial charge is 0.389 e. The van der Waals surface area contributed by atoms with Crippen LogP contribution in [-0.4, -0.2) is 89.1 Å². The first-order valence-corrected chi connectivity index (χ1v) is 13.9. The molecule has 3 aromatic rings. The maximum Gasteiger partial charge on any atom is 0.260 e. The van der Waals surface area contributed by atoms with Crippen molar-refractivity contribution in [2.24, 2.45) is 0 Å². The summed E-state index contributed by atoms with van der Waals surface area (Å²) in [5.74, 6) is 0.609. The second-order valence-corrected chi connectivity index (χ2v) is 11.8. The number of H-pyrrole nitrogens is 1. The van der Waals surface area contributed by atoms with E-state index in [0.717, 1.165) is 60.9 Å². The third-order valence-electron chi connectivity index (χ3n) is 6.55. The van der Waals surface area contributed by atoms with Crippen molar-refractivity contribution < 1.29 is 14.6 Å². The predicted octanol–water partition coefficient (Wildman–Crippen LogP) is 3.58. The smallest absolute Gasteiger partial charge is 0.260 e. The van der Waals surface area contributed by atoms with Crippen LogP contribution in [0, 0.1) is 13.8 Å². The van der Waals surface area contributed by atoms with Crippen molar-refractivity contribution in [2.75, 3.05) is 52.5 Å². The van der Waals surface area contributed by atoms with Crippen LogP contribution in [-0.2, 0) is 16.0 Å². The molecule has 1 saturated heterocycles. The lowest BCUT2D eigenvalue weighted by Crippen LogP contribution is -2.44. The highest BCUT2D eigenvalue weighted by Crippen LogP contribution is 2.33. The first-order valence-electron chi connectivity index (χ1n) is 13.0. The van der Waals surface area contributed by atoms with E-state index in [1.165, 1.54) is 16.9 Å². The quantitative estimate of drug-likeness (QED) is 0.416. The van der Waals surface area contributed by atoms with Gasteiger partial charge in [0, 0.05) is 43.7 Å². The van der Waals surface area contributed by atoms with Crippen LogP contribution in [0.5, 0.6) is 0 Å². The first-order chi connectivity index (χ1) is 17.6. The molecule has 0 bridgehead atoms. The van der Waals surface area contributed by atoms with Gasteiger partial charge in [-0.3, -0.25) is 14.6 Å². The summed E-state index contributed by atoms with van der Waals surface area (Å²) in [4.78, 5) is 26.4. The van der Waals surface area contributed by atoms with Crippen molar-refractivity contribution in [2.45, 2.75) is 52.9 Å². The minimum absolute atomic E-state index is 0.124. The van der Waals surface area contributed by atoms with Gasteiger partial charge in [0.25, 0.3) is 5.56 Å². The average Bonchev–Trinajstić information content (AvgIpc) is 3.26. The minimum Gasteiger partial charge on any atom is -0.389 e. The number of aliphatic hydroxyl groups is 1.